The molecule has 3 heteroatoms. The van der Waals surface area contributed by atoms with Crippen LogP contribution in [0.15, 0.2) is 48.5 Å². The largest absolute Gasteiger partial charge is 0.381 e. The number of nitrogens with one attached hydrogen (secondary N) is 1. The van der Waals surface area contributed by atoms with Crippen molar-refractivity contribution >= 4 is 5.91 Å². The van der Waals surface area contributed by atoms with Crippen molar-refractivity contribution in [3.05, 3.63) is 70.8 Å². The summed E-state index contributed by atoms with van der Waals surface area (Å²) >= 11 is 0. The van der Waals surface area contributed by atoms with Crippen LogP contribution >= 0.6 is 0 Å². The lowest BCUT2D eigenvalue weighted by molar-refractivity contribution is -0.131. The third-order valence-corrected chi connectivity index (χ3v) is 5.49. The SMILES string of the molecule is Cc1ccc(C(C)NC(=O)C2(c3ccccc3)CCOCC2)cc1C. The Morgan fingerprint density at radius 3 is 2.36 bits per heavy atom. The topological polar surface area (TPSA) is 38.3 Å². The Labute approximate surface area is 150 Å². The smallest absolute Gasteiger partial charge is 0.231 e. The number of amides is 1. The third kappa shape index (κ3) is 3.62. The van der Waals surface area contributed by atoms with E-state index >= 15 is 0 Å². The lowest BCUT2D eigenvalue weighted by Gasteiger charge is -2.37. The first-order chi connectivity index (χ1) is 12.0. The minimum atomic E-state index is -0.493. The second-order valence-electron chi connectivity index (χ2n) is 7.10. The summed E-state index contributed by atoms with van der Waals surface area (Å²) in [7, 11) is 0. The van der Waals surface area contributed by atoms with E-state index in [-0.39, 0.29) is 11.9 Å². The second-order valence-corrected chi connectivity index (χ2v) is 7.10. The Balaban J connectivity index is 1.84. The van der Waals surface area contributed by atoms with Crippen molar-refractivity contribution in [3.8, 4) is 0 Å². The highest BCUT2D eigenvalue weighted by atomic mass is 16.5. The molecule has 1 fully saturated rings. The molecule has 1 heterocycles. The number of rotatable bonds is 4. The Morgan fingerprint density at radius 2 is 1.72 bits per heavy atom. The molecule has 0 radical (unpaired) electrons. The lowest BCUT2D eigenvalue weighted by atomic mass is 9.73. The van der Waals surface area contributed by atoms with Gasteiger partial charge >= 0.3 is 0 Å². The molecule has 1 amide bonds. The standard InChI is InChI=1S/C22H27NO2/c1-16-9-10-19(15-17(16)2)18(3)23-21(24)22(11-13-25-14-12-22)20-7-5-4-6-8-20/h4-10,15,18H,11-14H2,1-3H3,(H,23,24). The van der Waals surface area contributed by atoms with E-state index in [4.69, 9.17) is 4.74 Å². The molecule has 0 saturated carbocycles. The fourth-order valence-corrected chi connectivity index (χ4v) is 3.58. The molecule has 25 heavy (non-hydrogen) atoms. The first-order valence-electron chi connectivity index (χ1n) is 9.04. The molecule has 0 aliphatic carbocycles. The van der Waals surface area contributed by atoms with Crippen LogP contribution in [0.5, 0.6) is 0 Å². The molecule has 0 aromatic heterocycles. The van der Waals surface area contributed by atoms with Gasteiger partial charge in [0, 0.05) is 13.2 Å². The molecule has 2 aromatic carbocycles. The van der Waals surface area contributed by atoms with Gasteiger partial charge in [0.1, 0.15) is 0 Å². The quantitative estimate of drug-likeness (QED) is 0.907. The second kappa shape index (κ2) is 7.40. The highest BCUT2D eigenvalue weighted by Gasteiger charge is 2.42. The van der Waals surface area contributed by atoms with Crippen molar-refractivity contribution in [1.29, 1.82) is 0 Å². The molecule has 1 saturated heterocycles. The number of carbonyl (C=O) groups excluding carboxylic acids is 1. The van der Waals surface area contributed by atoms with Crippen LogP contribution in [-0.2, 0) is 14.9 Å². The zero-order valence-electron chi connectivity index (χ0n) is 15.3. The first kappa shape index (κ1) is 17.7. The van der Waals surface area contributed by atoms with E-state index in [2.05, 4.69) is 56.4 Å². The molecule has 1 aliphatic heterocycles. The van der Waals surface area contributed by atoms with Gasteiger partial charge in [-0.25, -0.2) is 0 Å². The average molecular weight is 337 g/mol. The van der Waals surface area contributed by atoms with E-state index in [1.165, 1.54) is 11.1 Å². The third-order valence-electron chi connectivity index (χ3n) is 5.49. The van der Waals surface area contributed by atoms with Gasteiger partial charge in [-0.15, -0.1) is 0 Å². The average Bonchev–Trinajstić information content (AvgIpc) is 2.65. The Kier molecular flexibility index (Phi) is 5.24. The summed E-state index contributed by atoms with van der Waals surface area (Å²) < 4.78 is 5.53. The Morgan fingerprint density at radius 1 is 1.04 bits per heavy atom. The summed E-state index contributed by atoms with van der Waals surface area (Å²) in [5.74, 6) is 0.104. The summed E-state index contributed by atoms with van der Waals surface area (Å²) in [6.45, 7) is 7.52. The maximum atomic E-state index is 13.3. The molecular weight excluding hydrogens is 310 g/mol. The molecular formula is C22H27NO2. The molecule has 0 bridgehead atoms. The summed E-state index contributed by atoms with van der Waals surface area (Å²) in [5, 5.41) is 3.26. The van der Waals surface area contributed by atoms with Gasteiger partial charge in [-0.2, -0.15) is 0 Å². The van der Waals surface area contributed by atoms with E-state index < -0.39 is 5.41 Å². The summed E-state index contributed by atoms with van der Waals surface area (Å²) in [4.78, 5) is 13.3. The van der Waals surface area contributed by atoms with E-state index in [1.54, 1.807) is 0 Å². The first-order valence-corrected chi connectivity index (χ1v) is 9.04. The van der Waals surface area contributed by atoms with E-state index in [1.807, 2.05) is 18.2 Å². The van der Waals surface area contributed by atoms with Crippen LogP contribution in [0.4, 0.5) is 0 Å². The molecule has 1 aliphatic rings. The van der Waals surface area contributed by atoms with E-state index in [0.29, 0.717) is 13.2 Å². The van der Waals surface area contributed by atoms with Crippen molar-refractivity contribution < 1.29 is 9.53 Å². The van der Waals surface area contributed by atoms with Crippen LogP contribution in [0.1, 0.15) is 48.1 Å². The molecule has 1 atom stereocenters. The number of carbonyl (C=O) groups is 1. The predicted octanol–water partition coefficient (Wildman–Crippen LogP) is 4.23. The predicted molar refractivity (Wildman–Crippen MR) is 101 cm³/mol. The van der Waals surface area contributed by atoms with Crippen LogP contribution in [0.25, 0.3) is 0 Å². The van der Waals surface area contributed by atoms with Gasteiger partial charge < -0.3 is 10.1 Å². The number of benzene rings is 2. The minimum Gasteiger partial charge on any atom is -0.381 e. The normalized spacial score (nSPS) is 17.7. The number of hydrogen-bond donors (Lipinski definition) is 1. The van der Waals surface area contributed by atoms with Crippen LogP contribution in [0.2, 0.25) is 0 Å². The molecule has 0 spiro atoms. The summed E-state index contributed by atoms with van der Waals surface area (Å²) in [6.07, 6.45) is 1.45. The summed E-state index contributed by atoms with van der Waals surface area (Å²) in [6, 6.07) is 16.5. The molecule has 1 N–H and O–H groups in total. The monoisotopic (exact) mass is 337 g/mol. The van der Waals surface area contributed by atoms with Gasteiger partial charge in [-0.05, 0) is 55.9 Å². The molecule has 3 nitrogen and oxygen atoms in total. The van der Waals surface area contributed by atoms with Crippen molar-refractivity contribution in [2.45, 2.75) is 45.1 Å². The zero-order valence-corrected chi connectivity index (χ0v) is 15.3. The molecule has 132 valence electrons. The molecule has 3 rings (SSSR count). The minimum absolute atomic E-state index is 0.0183. The maximum absolute atomic E-state index is 13.3. The van der Waals surface area contributed by atoms with Crippen LogP contribution < -0.4 is 5.32 Å². The highest BCUT2D eigenvalue weighted by molar-refractivity contribution is 5.88. The van der Waals surface area contributed by atoms with Crippen molar-refractivity contribution in [2.75, 3.05) is 13.2 Å². The van der Waals surface area contributed by atoms with Gasteiger partial charge in [0.05, 0.1) is 11.5 Å². The Bertz CT molecular complexity index is 733. The van der Waals surface area contributed by atoms with Gasteiger partial charge in [0.25, 0.3) is 0 Å². The van der Waals surface area contributed by atoms with Gasteiger partial charge in [0.15, 0.2) is 0 Å². The van der Waals surface area contributed by atoms with E-state index in [0.717, 1.165) is 24.0 Å². The van der Waals surface area contributed by atoms with Gasteiger partial charge in [-0.3, -0.25) is 4.79 Å². The Hall–Kier alpha value is -2.13. The highest BCUT2D eigenvalue weighted by Crippen LogP contribution is 2.35. The van der Waals surface area contributed by atoms with Gasteiger partial charge in [0.2, 0.25) is 5.91 Å². The number of ether oxygens (including phenoxy) is 1. The summed E-state index contributed by atoms with van der Waals surface area (Å²) in [5.41, 5.74) is 4.26. The molecule has 2 aromatic rings. The van der Waals surface area contributed by atoms with Crippen LogP contribution in [0.3, 0.4) is 0 Å². The maximum Gasteiger partial charge on any atom is 0.231 e. The fourth-order valence-electron chi connectivity index (χ4n) is 3.58. The number of aryl methyl sites for hydroxylation is 2. The van der Waals surface area contributed by atoms with Crippen molar-refractivity contribution in [2.24, 2.45) is 0 Å². The van der Waals surface area contributed by atoms with Crippen LogP contribution in [0, 0.1) is 13.8 Å². The number of hydrogen-bond acceptors (Lipinski definition) is 2. The van der Waals surface area contributed by atoms with E-state index in [9.17, 15) is 4.79 Å². The molecule has 1 unspecified atom stereocenters. The fraction of sp³-hybridized carbons (Fsp3) is 0.409. The van der Waals surface area contributed by atoms with Crippen molar-refractivity contribution in [1.82, 2.24) is 5.32 Å². The van der Waals surface area contributed by atoms with Crippen molar-refractivity contribution in [3.63, 3.8) is 0 Å². The van der Waals surface area contributed by atoms with Crippen LogP contribution in [-0.4, -0.2) is 19.1 Å². The lowest BCUT2D eigenvalue weighted by Crippen LogP contribution is -2.48. The van der Waals surface area contributed by atoms with Gasteiger partial charge in [-0.1, -0.05) is 48.5 Å². The zero-order chi connectivity index (χ0) is 17.9.